The Kier molecular flexibility index (Phi) is 6.36. The molecule has 0 spiro atoms. The molecule has 1 unspecified atom stereocenters. The van der Waals surface area contributed by atoms with Gasteiger partial charge in [-0.3, -0.25) is 0 Å². The van der Waals surface area contributed by atoms with Crippen molar-refractivity contribution in [2.24, 2.45) is 0 Å². The van der Waals surface area contributed by atoms with E-state index in [1.165, 1.54) is 10.5 Å². The molecule has 150 valence electrons. The van der Waals surface area contributed by atoms with E-state index in [0.29, 0.717) is 0 Å². The summed E-state index contributed by atoms with van der Waals surface area (Å²) in [5.41, 5.74) is 2.76. The van der Waals surface area contributed by atoms with Gasteiger partial charge in [0, 0.05) is 43.0 Å². The van der Waals surface area contributed by atoms with Gasteiger partial charge in [0.05, 0.1) is 5.60 Å². The van der Waals surface area contributed by atoms with Crippen LogP contribution in [0.3, 0.4) is 0 Å². The smallest absolute Gasteiger partial charge is 0.104 e. The van der Waals surface area contributed by atoms with Crippen LogP contribution in [-0.2, 0) is 15.1 Å². The summed E-state index contributed by atoms with van der Waals surface area (Å²) >= 11 is 1.72. The third kappa shape index (κ3) is 4.57. The molecular weight excluding hydrogens is 380 g/mol. The molecule has 3 nitrogen and oxygen atoms in total. The third-order valence-corrected chi connectivity index (χ3v) is 6.60. The van der Waals surface area contributed by atoms with Crippen LogP contribution in [0.2, 0.25) is 0 Å². The van der Waals surface area contributed by atoms with Gasteiger partial charge < -0.3 is 14.6 Å². The SMILES string of the molecule is COC1(c2cccc(Sc3ccc(C(O)c4ccccc4)cc3)c2)CCOCC1. The topological polar surface area (TPSA) is 38.7 Å². The molecule has 3 aromatic rings. The van der Waals surface area contributed by atoms with E-state index in [9.17, 15) is 5.11 Å². The molecule has 3 aromatic carbocycles. The number of benzene rings is 3. The Labute approximate surface area is 176 Å². The Balaban J connectivity index is 1.50. The molecule has 29 heavy (non-hydrogen) atoms. The first-order valence-electron chi connectivity index (χ1n) is 9.94. The van der Waals surface area contributed by atoms with Crippen LogP contribution in [-0.4, -0.2) is 25.4 Å². The Morgan fingerprint density at radius 2 is 1.55 bits per heavy atom. The molecule has 1 aliphatic rings. The van der Waals surface area contributed by atoms with E-state index < -0.39 is 6.10 Å². The predicted octanol–water partition coefficient (Wildman–Crippen LogP) is 5.57. The molecule has 0 amide bonds. The molecule has 1 aliphatic heterocycles. The first kappa shape index (κ1) is 20.2. The van der Waals surface area contributed by atoms with Crippen molar-refractivity contribution in [3.05, 3.63) is 95.6 Å². The highest BCUT2D eigenvalue weighted by Crippen LogP contribution is 2.38. The lowest BCUT2D eigenvalue weighted by Crippen LogP contribution is -2.35. The van der Waals surface area contributed by atoms with E-state index in [4.69, 9.17) is 9.47 Å². The zero-order chi connectivity index (χ0) is 20.1. The first-order valence-corrected chi connectivity index (χ1v) is 10.8. The second-order valence-corrected chi connectivity index (χ2v) is 8.47. The average Bonchev–Trinajstić information content (AvgIpc) is 2.80. The first-order chi connectivity index (χ1) is 14.2. The fourth-order valence-electron chi connectivity index (χ4n) is 3.84. The fourth-order valence-corrected chi connectivity index (χ4v) is 4.71. The summed E-state index contributed by atoms with van der Waals surface area (Å²) in [6.45, 7) is 1.47. The van der Waals surface area contributed by atoms with Crippen molar-refractivity contribution in [1.82, 2.24) is 0 Å². The van der Waals surface area contributed by atoms with E-state index in [1.54, 1.807) is 18.9 Å². The van der Waals surface area contributed by atoms with Crippen LogP contribution < -0.4 is 0 Å². The van der Waals surface area contributed by atoms with Gasteiger partial charge in [-0.2, -0.15) is 0 Å². The van der Waals surface area contributed by atoms with Crippen molar-refractivity contribution in [2.45, 2.75) is 34.3 Å². The van der Waals surface area contributed by atoms with Gasteiger partial charge in [0.1, 0.15) is 6.10 Å². The van der Waals surface area contributed by atoms with Gasteiger partial charge in [-0.05, 0) is 41.0 Å². The summed E-state index contributed by atoms with van der Waals surface area (Å²) in [6, 6.07) is 26.5. The van der Waals surface area contributed by atoms with Crippen LogP contribution >= 0.6 is 11.8 Å². The molecule has 1 fully saturated rings. The standard InChI is InChI=1S/C25H26O3S/c1-27-25(14-16-28-17-15-25)21-8-5-9-23(18-21)29-22-12-10-20(11-13-22)24(26)19-6-3-2-4-7-19/h2-13,18,24,26H,14-17H2,1H3. The molecule has 1 heterocycles. The van der Waals surface area contributed by atoms with Crippen molar-refractivity contribution < 1.29 is 14.6 Å². The number of aliphatic hydroxyl groups is 1. The third-order valence-electron chi connectivity index (χ3n) is 5.60. The Bertz CT molecular complexity index is 918. The number of hydrogen-bond acceptors (Lipinski definition) is 4. The van der Waals surface area contributed by atoms with Crippen molar-refractivity contribution in [1.29, 1.82) is 0 Å². The van der Waals surface area contributed by atoms with Crippen LogP contribution in [0, 0.1) is 0 Å². The molecule has 4 heteroatoms. The van der Waals surface area contributed by atoms with E-state index in [-0.39, 0.29) is 5.60 Å². The number of ether oxygens (including phenoxy) is 2. The minimum atomic E-state index is -0.603. The monoisotopic (exact) mass is 406 g/mol. The lowest BCUT2D eigenvalue weighted by Gasteiger charge is -2.36. The van der Waals surface area contributed by atoms with Gasteiger partial charge in [0.2, 0.25) is 0 Å². The van der Waals surface area contributed by atoms with Crippen LogP contribution in [0.4, 0.5) is 0 Å². The summed E-state index contributed by atoms with van der Waals surface area (Å²) in [4.78, 5) is 2.33. The summed E-state index contributed by atoms with van der Waals surface area (Å²) in [6.07, 6.45) is 1.15. The zero-order valence-electron chi connectivity index (χ0n) is 16.6. The van der Waals surface area contributed by atoms with E-state index in [0.717, 1.165) is 42.1 Å². The van der Waals surface area contributed by atoms with Gasteiger partial charge >= 0.3 is 0 Å². The highest BCUT2D eigenvalue weighted by Gasteiger charge is 2.34. The fraction of sp³-hybridized carbons (Fsp3) is 0.280. The van der Waals surface area contributed by atoms with Crippen molar-refractivity contribution in [3.63, 3.8) is 0 Å². The molecule has 0 aromatic heterocycles. The maximum atomic E-state index is 10.6. The molecule has 0 aliphatic carbocycles. The van der Waals surface area contributed by atoms with Crippen molar-refractivity contribution in [3.8, 4) is 0 Å². The predicted molar refractivity (Wildman–Crippen MR) is 116 cm³/mol. The summed E-state index contributed by atoms with van der Waals surface area (Å²) in [7, 11) is 1.79. The molecule has 0 saturated carbocycles. The maximum Gasteiger partial charge on any atom is 0.104 e. The number of methoxy groups -OCH3 is 1. The number of rotatable bonds is 6. The van der Waals surface area contributed by atoms with Crippen LogP contribution in [0.25, 0.3) is 0 Å². The maximum absolute atomic E-state index is 10.6. The van der Waals surface area contributed by atoms with Crippen LogP contribution in [0.1, 0.15) is 35.6 Å². The lowest BCUT2D eigenvalue weighted by molar-refractivity contribution is -0.0948. The van der Waals surface area contributed by atoms with Crippen molar-refractivity contribution in [2.75, 3.05) is 20.3 Å². The van der Waals surface area contributed by atoms with E-state index >= 15 is 0 Å². The quantitative estimate of drug-likeness (QED) is 0.581. The highest BCUT2D eigenvalue weighted by molar-refractivity contribution is 7.99. The molecule has 0 radical (unpaired) electrons. The summed E-state index contributed by atoms with van der Waals surface area (Å²) in [5.74, 6) is 0. The van der Waals surface area contributed by atoms with Crippen LogP contribution in [0.5, 0.6) is 0 Å². The summed E-state index contributed by atoms with van der Waals surface area (Å²) < 4.78 is 11.5. The highest BCUT2D eigenvalue weighted by atomic mass is 32.2. The zero-order valence-corrected chi connectivity index (χ0v) is 17.4. The summed E-state index contributed by atoms with van der Waals surface area (Å²) in [5, 5.41) is 10.6. The van der Waals surface area contributed by atoms with Gasteiger partial charge in [-0.25, -0.2) is 0 Å². The molecule has 0 bridgehead atoms. The van der Waals surface area contributed by atoms with Gasteiger partial charge in [-0.1, -0.05) is 66.4 Å². The Morgan fingerprint density at radius 3 is 2.24 bits per heavy atom. The Hall–Kier alpha value is -2.11. The van der Waals surface area contributed by atoms with Gasteiger partial charge in [-0.15, -0.1) is 0 Å². The van der Waals surface area contributed by atoms with E-state index in [1.807, 2.05) is 42.5 Å². The Morgan fingerprint density at radius 1 is 0.862 bits per heavy atom. The molecule has 1 atom stereocenters. The second kappa shape index (κ2) is 9.14. The van der Waals surface area contributed by atoms with Gasteiger partial charge in [0.25, 0.3) is 0 Å². The molecular formula is C25H26O3S. The minimum Gasteiger partial charge on any atom is -0.384 e. The van der Waals surface area contributed by atoms with Crippen LogP contribution in [0.15, 0.2) is 88.7 Å². The average molecular weight is 407 g/mol. The molecule has 1 N–H and O–H groups in total. The molecule has 1 saturated heterocycles. The molecule has 4 rings (SSSR count). The lowest BCUT2D eigenvalue weighted by atomic mass is 9.86. The number of aliphatic hydroxyl groups excluding tert-OH is 1. The number of hydrogen-bond donors (Lipinski definition) is 1. The van der Waals surface area contributed by atoms with E-state index in [2.05, 4.69) is 36.4 Å². The van der Waals surface area contributed by atoms with Crippen molar-refractivity contribution >= 4 is 11.8 Å². The largest absolute Gasteiger partial charge is 0.384 e. The minimum absolute atomic E-state index is 0.252. The van der Waals surface area contributed by atoms with Gasteiger partial charge in [0.15, 0.2) is 0 Å². The second-order valence-electron chi connectivity index (χ2n) is 7.32. The normalized spacial score (nSPS) is 17.0.